The van der Waals surface area contributed by atoms with Crippen molar-refractivity contribution in [1.82, 2.24) is 0 Å². The molecule has 0 amide bonds. The van der Waals surface area contributed by atoms with Crippen LogP contribution in [0.3, 0.4) is 0 Å². The molecule has 0 saturated carbocycles. The average Bonchev–Trinajstić information content (AvgIpc) is 2.75. The van der Waals surface area contributed by atoms with Crippen LogP contribution in [0.1, 0.15) is 20.7 Å². The summed E-state index contributed by atoms with van der Waals surface area (Å²) >= 11 is 0. The van der Waals surface area contributed by atoms with Crippen molar-refractivity contribution in [2.45, 2.75) is 0 Å². The number of carbonyl (C=O) groups is 4. The molecular formula is C20H18O8. The first-order valence-electron chi connectivity index (χ1n) is 8.17. The summed E-state index contributed by atoms with van der Waals surface area (Å²) in [5, 5.41) is 0. The monoisotopic (exact) mass is 386 g/mol. The van der Waals surface area contributed by atoms with E-state index in [9.17, 15) is 19.2 Å². The van der Waals surface area contributed by atoms with E-state index in [0.717, 1.165) is 14.2 Å². The van der Waals surface area contributed by atoms with Crippen LogP contribution in [0.2, 0.25) is 0 Å². The zero-order valence-electron chi connectivity index (χ0n) is 15.3. The van der Waals surface area contributed by atoms with E-state index in [2.05, 4.69) is 9.47 Å². The van der Waals surface area contributed by atoms with Crippen LogP contribution in [0.25, 0.3) is 0 Å². The second kappa shape index (κ2) is 9.86. The fourth-order valence-electron chi connectivity index (χ4n) is 2.15. The Kier molecular flexibility index (Phi) is 7.27. The number of hydrogen-bond acceptors (Lipinski definition) is 8. The van der Waals surface area contributed by atoms with Gasteiger partial charge in [0, 0.05) is 11.1 Å². The van der Waals surface area contributed by atoms with Crippen LogP contribution in [0.4, 0.5) is 0 Å². The molecule has 0 radical (unpaired) electrons. The normalized spacial score (nSPS) is 9.93. The molecule has 0 aromatic heterocycles. The van der Waals surface area contributed by atoms with Crippen molar-refractivity contribution < 1.29 is 38.1 Å². The van der Waals surface area contributed by atoms with Crippen LogP contribution in [0, 0.1) is 0 Å². The molecule has 8 nitrogen and oxygen atoms in total. The number of methoxy groups -OCH3 is 2. The van der Waals surface area contributed by atoms with Crippen LogP contribution in [-0.2, 0) is 19.1 Å². The summed E-state index contributed by atoms with van der Waals surface area (Å²) in [5.41, 5.74) is 0.411. The van der Waals surface area contributed by atoms with E-state index >= 15 is 0 Å². The van der Waals surface area contributed by atoms with Gasteiger partial charge in [0.2, 0.25) is 0 Å². The molecule has 0 aliphatic heterocycles. The molecule has 2 rings (SSSR count). The number of esters is 2. The first-order valence-corrected chi connectivity index (χ1v) is 8.17. The number of ether oxygens (including phenoxy) is 4. The summed E-state index contributed by atoms with van der Waals surface area (Å²) in [6.45, 7) is 0.459. The van der Waals surface area contributed by atoms with Gasteiger partial charge in [-0.05, 0) is 48.5 Å². The van der Waals surface area contributed by atoms with Gasteiger partial charge in [0.1, 0.15) is 24.7 Å². The fourth-order valence-corrected chi connectivity index (χ4v) is 2.15. The minimum atomic E-state index is -0.929. The SMILES string of the molecule is COC(=O)C(=O)c1ccc(OCCOc2ccc(C(=O)C(=O)OC)cc2)cc1. The van der Waals surface area contributed by atoms with Crippen molar-refractivity contribution in [1.29, 1.82) is 0 Å². The van der Waals surface area contributed by atoms with Gasteiger partial charge in [-0.25, -0.2) is 9.59 Å². The van der Waals surface area contributed by atoms with Gasteiger partial charge in [-0.1, -0.05) is 0 Å². The Bertz CT molecular complexity index is 779. The molecule has 0 aliphatic rings. The van der Waals surface area contributed by atoms with Gasteiger partial charge in [0.15, 0.2) is 0 Å². The van der Waals surface area contributed by atoms with E-state index in [1.807, 2.05) is 0 Å². The van der Waals surface area contributed by atoms with Crippen LogP contribution < -0.4 is 9.47 Å². The molecule has 0 atom stereocenters. The number of carbonyl (C=O) groups excluding carboxylic acids is 4. The number of hydrogen-bond donors (Lipinski definition) is 0. The summed E-state index contributed by atoms with van der Waals surface area (Å²) in [7, 11) is 2.28. The van der Waals surface area contributed by atoms with Crippen LogP contribution >= 0.6 is 0 Å². The van der Waals surface area contributed by atoms with Crippen molar-refractivity contribution in [3.8, 4) is 11.5 Å². The first-order chi connectivity index (χ1) is 13.5. The van der Waals surface area contributed by atoms with E-state index in [4.69, 9.17) is 9.47 Å². The van der Waals surface area contributed by atoms with E-state index < -0.39 is 23.5 Å². The lowest BCUT2D eigenvalue weighted by Gasteiger charge is -2.09. The third-order valence-electron chi connectivity index (χ3n) is 3.60. The number of rotatable bonds is 9. The minimum Gasteiger partial charge on any atom is -0.490 e. The Morgan fingerprint density at radius 2 is 0.929 bits per heavy atom. The lowest BCUT2D eigenvalue weighted by molar-refractivity contribution is -0.135. The molecule has 146 valence electrons. The fraction of sp³-hybridized carbons (Fsp3) is 0.200. The maximum atomic E-state index is 11.6. The lowest BCUT2D eigenvalue weighted by atomic mass is 10.1. The molecular weight excluding hydrogens is 368 g/mol. The first kappa shape index (κ1) is 20.6. The van der Waals surface area contributed by atoms with Gasteiger partial charge in [0.05, 0.1) is 14.2 Å². The summed E-state index contributed by atoms with van der Waals surface area (Å²) in [5.74, 6) is -2.31. The highest BCUT2D eigenvalue weighted by molar-refractivity contribution is 6.41. The smallest absolute Gasteiger partial charge is 0.379 e. The molecule has 0 aliphatic carbocycles. The van der Waals surface area contributed by atoms with Gasteiger partial charge in [0.25, 0.3) is 11.6 Å². The van der Waals surface area contributed by atoms with Crippen LogP contribution in [0.15, 0.2) is 48.5 Å². The third kappa shape index (κ3) is 5.41. The summed E-state index contributed by atoms with van der Waals surface area (Å²) in [6, 6.07) is 12.1. The highest BCUT2D eigenvalue weighted by Gasteiger charge is 2.17. The second-order valence-corrected chi connectivity index (χ2v) is 5.39. The number of benzene rings is 2. The minimum absolute atomic E-state index is 0.206. The summed E-state index contributed by atoms with van der Waals surface area (Å²) < 4.78 is 19.7. The predicted molar refractivity (Wildman–Crippen MR) is 96.6 cm³/mol. The molecule has 2 aromatic carbocycles. The van der Waals surface area contributed by atoms with Crippen molar-refractivity contribution in [2.24, 2.45) is 0 Å². The maximum absolute atomic E-state index is 11.6. The lowest BCUT2D eigenvalue weighted by Crippen LogP contribution is -2.15. The summed E-state index contributed by atoms with van der Waals surface area (Å²) in [4.78, 5) is 45.7. The molecule has 0 heterocycles. The van der Waals surface area contributed by atoms with E-state index in [-0.39, 0.29) is 24.3 Å². The van der Waals surface area contributed by atoms with Gasteiger partial charge in [-0.15, -0.1) is 0 Å². The zero-order valence-corrected chi connectivity index (χ0v) is 15.3. The standard InChI is InChI=1S/C20H18O8/c1-25-19(23)17(21)13-3-7-15(8-4-13)27-11-12-28-16-9-5-14(6-10-16)18(22)20(24)26-2/h3-10H,11-12H2,1-2H3. The van der Waals surface area contributed by atoms with Crippen LogP contribution in [-0.4, -0.2) is 50.9 Å². The molecule has 0 spiro atoms. The Morgan fingerprint density at radius 1 is 0.607 bits per heavy atom. The van der Waals surface area contributed by atoms with Crippen molar-refractivity contribution >= 4 is 23.5 Å². The molecule has 0 saturated heterocycles. The van der Waals surface area contributed by atoms with Gasteiger partial charge in [-0.3, -0.25) is 9.59 Å². The van der Waals surface area contributed by atoms with Gasteiger partial charge >= 0.3 is 11.9 Å². The quantitative estimate of drug-likeness (QED) is 0.278. The third-order valence-corrected chi connectivity index (χ3v) is 3.60. The molecule has 0 N–H and O–H groups in total. The molecule has 0 unspecified atom stereocenters. The average molecular weight is 386 g/mol. The second-order valence-electron chi connectivity index (χ2n) is 5.39. The largest absolute Gasteiger partial charge is 0.490 e. The van der Waals surface area contributed by atoms with Crippen molar-refractivity contribution in [3.63, 3.8) is 0 Å². The van der Waals surface area contributed by atoms with Crippen molar-refractivity contribution in [3.05, 3.63) is 59.7 Å². The van der Waals surface area contributed by atoms with Crippen molar-refractivity contribution in [2.75, 3.05) is 27.4 Å². The topological polar surface area (TPSA) is 105 Å². The number of ketones is 2. The maximum Gasteiger partial charge on any atom is 0.379 e. The van der Waals surface area contributed by atoms with Crippen LogP contribution in [0.5, 0.6) is 11.5 Å². The highest BCUT2D eigenvalue weighted by atomic mass is 16.5. The predicted octanol–water partition coefficient (Wildman–Crippen LogP) is 1.86. The molecule has 0 bridgehead atoms. The van der Waals surface area contributed by atoms with E-state index in [0.29, 0.717) is 11.5 Å². The molecule has 2 aromatic rings. The highest BCUT2D eigenvalue weighted by Crippen LogP contribution is 2.15. The number of Topliss-reactive ketones (excluding diaryl/α,β-unsaturated/α-hetero) is 2. The van der Waals surface area contributed by atoms with E-state index in [1.54, 1.807) is 24.3 Å². The summed E-state index contributed by atoms with van der Waals surface area (Å²) in [6.07, 6.45) is 0. The molecule has 28 heavy (non-hydrogen) atoms. The van der Waals surface area contributed by atoms with Gasteiger partial charge in [-0.2, -0.15) is 0 Å². The zero-order chi connectivity index (χ0) is 20.5. The Morgan fingerprint density at radius 3 is 1.21 bits per heavy atom. The Balaban J connectivity index is 1.80. The Labute approximate surface area is 161 Å². The van der Waals surface area contributed by atoms with Gasteiger partial charge < -0.3 is 18.9 Å². The molecule has 0 fully saturated rings. The van der Waals surface area contributed by atoms with E-state index in [1.165, 1.54) is 24.3 Å². The molecule has 8 heteroatoms. The Hall–Kier alpha value is -3.68.